The third-order valence-corrected chi connectivity index (χ3v) is 5.24. The van der Waals surface area contributed by atoms with E-state index < -0.39 is 0 Å². The maximum atomic E-state index is 12.5. The number of aliphatic hydroxyl groups is 1. The van der Waals surface area contributed by atoms with E-state index in [0.717, 1.165) is 23.3 Å². The van der Waals surface area contributed by atoms with Crippen LogP contribution in [0.4, 0.5) is 11.6 Å². The minimum Gasteiger partial charge on any atom is -0.482 e. The molecule has 0 fully saturated rings. The second kappa shape index (κ2) is 8.52. The van der Waals surface area contributed by atoms with Crippen molar-refractivity contribution in [2.24, 2.45) is 4.99 Å². The van der Waals surface area contributed by atoms with Crippen molar-refractivity contribution >= 4 is 29.3 Å². The number of anilines is 2. The summed E-state index contributed by atoms with van der Waals surface area (Å²) in [6, 6.07) is 5.64. The number of carbonyl (C=O) groups excluding carboxylic acids is 1. The molecule has 164 valence electrons. The van der Waals surface area contributed by atoms with Gasteiger partial charge >= 0.3 is 0 Å². The number of dihydropyridines is 1. The number of hydrogen-bond acceptors (Lipinski definition) is 7. The van der Waals surface area contributed by atoms with Gasteiger partial charge in [0.25, 0.3) is 5.91 Å². The van der Waals surface area contributed by atoms with Crippen molar-refractivity contribution in [2.45, 2.75) is 25.8 Å². The molecule has 0 radical (unpaired) electrons. The number of aliphatic imine (C=N–C) groups is 1. The van der Waals surface area contributed by atoms with Gasteiger partial charge in [-0.3, -0.25) is 9.79 Å². The number of ether oxygens (including phenoxy) is 2. The third-order valence-electron chi connectivity index (χ3n) is 5.24. The molecular formula is C22H27N5O4. The number of rotatable bonds is 7. The summed E-state index contributed by atoms with van der Waals surface area (Å²) in [6.07, 6.45) is 4.53. The summed E-state index contributed by atoms with van der Waals surface area (Å²) in [4.78, 5) is 26.3. The monoisotopic (exact) mass is 425 g/mol. The third kappa shape index (κ3) is 4.47. The van der Waals surface area contributed by atoms with Crippen LogP contribution in [0.15, 0.2) is 29.3 Å². The summed E-state index contributed by atoms with van der Waals surface area (Å²) < 4.78 is 11.0. The molecule has 2 aliphatic rings. The number of carbonyl (C=O) groups is 1. The van der Waals surface area contributed by atoms with Crippen LogP contribution in [0, 0.1) is 0 Å². The standard InChI is InChI=1S/C22H27N5O4/c1-22(2)12-15(5-6-24-22)20-19(25-21(23)26-20)14-3-4-17-16(11-14)27(18(29)13-31-17)7-9-30-10-8-28/h3-6,11,28H,7-10,12-13H2,1-2H3,(H3,23,25,26). The lowest BCUT2D eigenvalue weighted by Crippen LogP contribution is -2.40. The molecule has 0 spiro atoms. The number of nitrogen functional groups attached to an aromatic ring is 1. The zero-order valence-electron chi connectivity index (χ0n) is 17.7. The molecule has 0 unspecified atom stereocenters. The minimum absolute atomic E-state index is 0.0196. The van der Waals surface area contributed by atoms with Crippen LogP contribution in [-0.4, -0.2) is 65.7 Å². The quantitative estimate of drug-likeness (QED) is 0.583. The van der Waals surface area contributed by atoms with Crippen molar-refractivity contribution < 1.29 is 19.4 Å². The van der Waals surface area contributed by atoms with E-state index >= 15 is 0 Å². The molecule has 2 aliphatic heterocycles. The first kappa shape index (κ1) is 21.1. The zero-order chi connectivity index (χ0) is 22.0. The number of H-pyrrole nitrogens is 1. The highest BCUT2D eigenvalue weighted by Gasteiger charge is 2.28. The Bertz CT molecular complexity index is 1040. The molecule has 0 atom stereocenters. The number of allylic oxidation sites excluding steroid dienone is 1. The van der Waals surface area contributed by atoms with Crippen LogP contribution in [0.3, 0.4) is 0 Å². The van der Waals surface area contributed by atoms with Gasteiger partial charge in [-0.25, -0.2) is 4.98 Å². The summed E-state index contributed by atoms with van der Waals surface area (Å²) in [5.41, 5.74) is 9.92. The molecule has 2 aromatic rings. The van der Waals surface area contributed by atoms with Crippen molar-refractivity contribution in [2.75, 3.05) is 43.6 Å². The van der Waals surface area contributed by atoms with Gasteiger partial charge < -0.3 is 30.2 Å². The summed E-state index contributed by atoms with van der Waals surface area (Å²) in [6.45, 7) is 4.99. The van der Waals surface area contributed by atoms with E-state index in [1.807, 2.05) is 30.5 Å². The Balaban J connectivity index is 1.68. The highest BCUT2D eigenvalue weighted by atomic mass is 16.5. The van der Waals surface area contributed by atoms with Crippen LogP contribution in [0.1, 0.15) is 26.0 Å². The number of hydrogen-bond donors (Lipinski definition) is 3. The largest absolute Gasteiger partial charge is 0.482 e. The summed E-state index contributed by atoms with van der Waals surface area (Å²) >= 11 is 0. The average molecular weight is 425 g/mol. The minimum atomic E-state index is -0.206. The molecule has 0 bridgehead atoms. The van der Waals surface area contributed by atoms with Gasteiger partial charge in [-0.05, 0) is 50.1 Å². The van der Waals surface area contributed by atoms with Crippen LogP contribution in [0.25, 0.3) is 16.8 Å². The number of nitrogens with zero attached hydrogens (tertiary/aromatic N) is 3. The fraction of sp³-hybridized carbons (Fsp3) is 0.409. The van der Waals surface area contributed by atoms with Crippen molar-refractivity contribution in [1.82, 2.24) is 9.97 Å². The number of aromatic amines is 1. The van der Waals surface area contributed by atoms with E-state index in [4.69, 9.17) is 20.3 Å². The first-order valence-electron chi connectivity index (χ1n) is 10.2. The van der Waals surface area contributed by atoms with Gasteiger partial charge in [-0.2, -0.15) is 0 Å². The van der Waals surface area contributed by atoms with Gasteiger partial charge in [-0.15, -0.1) is 0 Å². The molecule has 4 rings (SSSR count). The van der Waals surface area contributed by atoms with E-state index in [1.165, 1.54) is 0 Å². The van der Waals surface area contributed by atoms with Crippen molar-refractivity contribution in [3.05, 3.63) is 30.0 Å². The maximum absolute atomic E-state index is 12.5. The average Bonchev–Trinajstić information content (AvgIpc) is 3.13. The lowest BCUT2D eigenvalue weighted by Gasteiger charge is -2.29. The maximum Gasteiger partial charge on any atom is 0.265 e. The van der Waals surface area contributed by atoms with Gasteiger partial charge in [0.1, 0.15) is 5.75 Å². The number of nitrogens with one attached hydrogen (secondary N) is 1. The van der Waals surface area contributed by atoms with Gasteiger partial charge in [0, 0.05) is 18.3 Å². The molecule has 0 saturated carbocycles. The molecule has 31 heavy (non-hydrogen) atoms. The van der Waals surface area contributed by atoms with Crippen LogP contribution >= 0.6 is 0 Å². The Morgan fingerprint density at radius 3 is 2.97 bits per heavy atom. The summed E-state index contributed by atoms with van der Waals surface area (Å²) in [7, 11) is 0. The molecular weight excluding hydrogens is 398 g/mol. The zero-order valence-corrected chi connectivity index (χ0v) is 17.7. The number of aromatic nitrogens is 2. The SMILES string of the molecule is CC1(C)CC(c2[nH]c(N)nc2-c2ccc3c(c2)N(CCOCCO)C(=O)CO3)=CC=N1. The van der Waals surface area contributed by atoms with Gasteiger partial charge in [0.15, 0.2) is 12.6 Å². The molecule has 9 nitrogen and oxygen atoms in total. The van der Waals surface area contributed by atoms with Crippen LogP contribution < -0.4 is 15.4 Å². The van der Waals surface area contributed by atoms with Crippen molar-refractivity contribution in [1.29, 1.82) is 0 Å². The molecule has 0 aliphatic carbocycles. The van der Waals surface area contributed by atoms with Crippen molar-refractivity contribution in [3.8, 4) is 17.0 Å². The fourth-order valence-corrected chi connectivity index (χ4v) is 3.82. The van der Waals surface area contributed by atoms with Crippen LogP contribution in [0.2, 0.25) is 0 Å². The molecule has 0 saturated heterocycles. The predicted octanol–water partition coefficient (Wildman–Crippen LogP) is 2.03. The smallest absolute Gasteiger partial charge is 0.265 e. The molecule has 1 aromatic carbocycles. The topological polar surface area (TPSA) is 126 Å². The second-order valence-corrected chi connectivity index (χ2v) is 8.16. The Kier molecular flexibility index (Phi) is 5.79. The van der Waals surface area contributed by atoms with Crippen LogP contribution in [0.5, 0.6) is 5.75 Å². The molecule has 1 amide bonds. The Morgan fingerprint density at radius 1 is 1.35 bits per heavy atom. The van der Waals surface area contributed by atoms with Crippen molar-refractivity contribution in [3.63, 3.8) is 0 Å². The highest BCUT2D eigenvalue weighted by Crippen LogP contribution is 2.39. The number of nitrogens with two attached hydrogens (primary N) is 1. The number of fused-ring (bicyclic) bond motifs is 1. The van der Waals surface area contributed by atoms with E-state index in [9.17, 15) is 4.79 Å². The van der Waals surface area contributed by atoms with E-state index in [2.05, 4.69) is 28.8 Å². The van der Waals surface area contributed by atoms with Gasteiger partial charge in [-0.1, -0.05) is 0 Å². The first-order valence-corrected chi connectivity index (χ1v) is 10.2. The number of amides is 1. The second-order valence-electron chi connectivity index (χ2n) is 8.16. The normalized spacial score (nSPS) is 17.3. The first-order chi connectivity index (χ1) is 14.9. The number of aliphatic hydroxyl groups excluding tert-OH is 1. The van der Waals surface area contributed by atoms with E-state index in [0.29, 0.717) is 36.2 Å². The van der Waals surface area contributed by atoms with Crippen LogP contribution in [-0.2, 0) is 9.53 Å². The molecule has 4 N–H and O–H groups in total. The number of imidazole rings is 1. The van der Waals surface area contributed by atoms with E-state index in [-0.39, 0.29) is 31.3 Å². The lowest BCUT2D eigenvalue weighted by atomic mass is 9.90. The lowest BCUT2D eigenvalue weighted by molar-refractivity contribution is -0.121. The summed E-state index contributed by atoms with van der Waals surface area (Å²) in [5.74, 6) is 0.804. The molecule has 1 aromatic heterocycles. The predicted molar refractivity (Wildman–Crippen MR) is 119 cm³/mol. The fourth-order valence-electron chi connectivity index (χ4n) is 3.82. The van der Waals surface area contributed by atoms with Gasteiger partial charge in [0.2, 0.25) is 0 Å². The van der Waals surface area contributed by atoms with Gasteiger partial charge in [0.05, 0.1) is 42.4 Å². The summed E-state index contributed by atoms with van der Waals surface area (Å²) in [5, 5.41) is 8.88. The Hall–Kier alpha value is -3.17. The van der Waals surface area contributed by atoms with E-state index in [1.54, 1.807) is 4.90 Å². The molecule has 3 heterocycles. The Morgan fingerprint density at radius 2 is 2.19 bits per heavy atom. The number of benzene rings is 1. The molecule has 9 heteroatoms. The Labute approximate surface area is 180 Å². The highest BCUT2D eigenvalue weighted by molar-refractivity contribution is 5.99.